The number of rotatable bonds is 3. The first-order valence-electron chi connectivity index (χ1n) is 5.31. The molecule has 1 amide bonds. The quantitative estimate of drug-likeness (QED) is 0.940. The highest BCUT2D eigenvalue weighted by atomic mass is 35.5. The molecule has 7 heteroatoms. The lowest BCUT2D eigenvalue weighted by molar-refractivity contribution is 0.102. The van der Waals surface area contributed by atoms with Crippen molar-refractivity contribution >= 4 is 34.0 Å². The summed E-state index contributed by atoms with van der Waals surface area (Å²) in [5.41, 5.74) is 0.172. The van der Waals surface area contributed by atoms with Crippen LogP contribution >= 0.6 is 22.9 Å². The van der Waals surface area contributed by atoms with Crippen molar-refractivity contribution in [2.75, 3.05) is 5.32 Å². The Hall–Kier alpha value is -1.53. The first-order valence-corrected chi connectivity index (χ1v) is 6.57. The number of hydrogen-bond donors (Lipinski definition) is 1. The van der Waals surface area contributed by atoms with Gasteiger partial charge in [0.1, 0.15) is 5.82 Å². The van der Waals surface area contributed by atoms with Gasteiger partial charge in [0.25, 0.3) is 5.91 Å². The fourth-order valence-corrected chi connectivity index (χ4v) is 1.96. The van der Waals surface area contributed by atoms with Gasteiger partial charge in [-0.05, 0) is 0 Å². The van der Waals surface area contributed by atoms with Crippen molar-refractivity contribution in [1.82, 2.24) is 15.0 Å². The lowest BCUT2D eigenvalue weighted by atomic mass is 10.2. The Bertz CT molecular complexity index is 556. The Kier molecular flexibility index (Phi) is 3.88. The van der Waals surface area contributed by atoms with Gasteiger partial charge in [-0.25, -0.2) is 15.0 Å². The lowest BCUT2D eigenvalue weighted by Gasteiger charge is -2.07. The second-order valence-corrected chi connectivity index (χ2v) is 5.17. The van der Waals surface area contributed by atoms with Crippen LogP contribution in [0, 0.1) is 0 Å². The van der Waals surface area contributed by atoms with E-state index in [1.54, 1.807) is 11.6 Å². The van der Waals surface area contributed by atoms with Gasteiger partial charge in [-0.1, -0.05) is 25.4 Å². The highest BCUT2D eigenvalue weighted by Crippen LogP contribution is 2.18. The smallest absolute Gasteiger partial charge is 0.277 e. The normalized spacial score (nSPS) is 10.7. The number of hydrogen-bond acceptors (Lipinski definition) is 5. The van der Waals surface area contributed by atoms with Crippen LogP contribution in [0.3, 0.4) is 0 Å². The molecule has 0 aromatic carbocycles. The average Bonchev–Trinajstić information content (AvgIpc) is 2.81. The number of thiazole rings is 1. The maximum atomic E-state index is 12.0. The molecule has 1 N–H and O–H groups in total. The van der Waals surface area contributed by atoms with Crippen LogP contribution in [0.5, 0.6) is 0 Å². The molecule has 2 rings (SSSR count). The molecule has 0 aliphatic carbocycles. The number of nitrogens with zero attached hydrogens (tertiary/aromatic N) is 3. The molecule has 0 radical (unpaired) electrons. The van der Waals surface area contributed by atoms with Gasteiger partial charge in [0, 0.05) is 17.5 Å². The van der Waals surface area contributed by atoms with Gasteiger partial charge in [-0.3, -0.25) is 10.1 Å². The number of amides is 1. The van der Waals surface area contributed by atoms with Gasteiger partial charge < -0.3 is 0 Å². The summed E-state index contributed by atoms with van der Waals surface area (Å²) in [5.74, 6) is 0.344. The Morgan fingerprint density at radius 1 is 1.44 bits per heavy atom. The van der Waals surface area contributed by atoms with Gasteiger partial charge in [-0.15, -0.1) is 11.3 Å². The van der Waals surface area contributed by atoms with E-state index in [1.165, 1.54) is 17.5 Å². The molecule has 2 aromatic heterocycles. The molecule has 0 atom stereocenters. The molecule has 2 aromatic rings. The van der Waals surface area contributed by atoms with Crippen molar-refractivity contribution in [1.29, 1.82) is 0 Å². The van der Waals surface area contributed by atoms with Crippen LogP contribution in [0.15, 0.2) is 17.8 Å². The second kappa shape index (κ2) is 5.41. The SMILES string of the molecule is CC(C)c1ncc(Cl)c(C(=O)Nc2nccs2)n1. The molecule has 0 bridgehead atoms. The summed E-state index contributed by atoms with van der Waals surface area (Å²) in [7, 11) is 0. The number of carbonyl (C=O) groups excluding carboxylic acids is 1. The number of anilines is 1. The van der Waals surface area contributed by atoms with Crippen molar-refractivity contribution in [2.24, 2.45) is 0 Å². The van der Waals surface area contributed by atoms with Crippen LogP contribution in [-0.2, 0) is 0 Å². The summed E-state index contributed by atoms with van der Waals surface area (Å²) in [4.78, 5) is 24.2. The fourth-order valence-electron chi connectivity index (χ4n) is 1.26. The van der Waals surface area contributed by atoms with E-state index < -0.39 is 0 Å². The fraction of sp³-hybridized carbons (Fsp3) is 0.273. The molecule has 2 heterocycles. The van der Waals surface area contributed by atoms with E-state index in [4.69, 9.17) is 11.6 Å². The predicted octanol–water partition coefficient (Wildman–Crippen LogP) is 2.96. The van der Waals surface area contributed by atoms with E-state index >= 15 is 0 Å². The van der Waals surface area contributed by atoms with Gasteiger partial charge in [0.15, 0.2) is 10.8 Å². The van der Waals surface area contributed by atoms with E-state index in [1.807, 2.05) is 13.8 Å². The third-order valence-corrected chi connectivity index (χ3v) is 3.11. The number of aromatic nitrogens is 3. The van der Waals surface area contributed by atoms with Crippen molar-refractivity contribution in [3.8, 4) is 0 Å². The molecule has 94 valence electrons. The lowest BCUT2D eigenvalue weighted by Crippen LogP contribution is -2.16. The highest BCUT2D eigenvalue weighted by Gasteiger charge is 2.16. The Morgan fingerprint density at radius 3 is 2.83 bits per heavy atom. The summed E-state index contributed by atoms with van der Waals surface area (Å²) < 4.78 is 0. The first-order chi connectivity index (χ1) is 8.58. The molecule has 0 saturated heterocycles. The number of carbonyl (C=O) groups is 1. The minimum atomic E-state index is -0.376. The van der Waals surface area contributed by atoms with Crippen molar-refractivity contribution in [2.45, 2.75) is 19.8 Å². The van der Waals surface area contributed by atoms with Crippen molar-refractivity contribution < 1.29 is 4.79 Å². The highest BCUT2D eigenvalue weighted by molar-refractivity contribution is 7.13. The molecule has 0 fully saturated rings. The summed E-state index contributed by atoms with van der Waals surface area (Å²) in [5, 5.41) is 5.16. The minimum Gasteiger partial charge on any atom is -0.296 e. The molecule has 0 aliphatic rings. The molecule has 5 nitrogen and oxygen atoms in total. The molecular formula is C11H11ClN4OS. The van der Waals surface area contributed by atoms with Crippen molar-refractivity contribution in [3.05, 3.63) is 34.3 Å². The van der Waals surface area contributed by atoms with Gasteiger partial charge in [0.05, 0.1) is 11.2 Å². The second-order valence-electron chi connectivity index (χ2n) is 3.87. The monoisotopic (exact) mass is 282 g/mol. The number of nitrogens with one attached hydrogen (secondary N) is 1. The van der Waals surface area contributed by atoms with E-state index in [9.17, 15) is 4.79 Å². The minimum absolute atomic E-state index is 0.133. The van der Waals surface area contributed by atoms with E-state index in [0.29, 0.717) is 11.0 Å². The summed E-state index contributed by atoms with van der Waals surface area (Å²) in [6, 6.07) is 0. The third-order valence-electron chi connectivity index (χ3n) is 2.15. The van der Waals surface area contributed by atoms with Gasteiger partial charge in [-0.2, -0.15) is 0 Å². The average molecular weight is 283 g/mol. The molecule has 0 saturated carbocycles. The topological polar surface area (TPSA) is 67.8 Å². The van der Waals surface area contributed by atoms with E-state index in [2.05, 4.69) is 20.3 Å². The molecule has 0 unspecified atom stereocenters. The zero-order valence-electron chi connectivity index (χ0n) is 9.85. The van der Waals surface area contributed by atoms with Crippen molar-refractivity contribution in [3.63, 3.8) is 0 Å². The van der Waals surface area contributed by atoms with E-state index in [-0.39, 0.29) is 22.5 Å². The maximum absolute atomic E-state index is 12.0. The Labute approximate surface area is 113 Å². The third kappa shape index (κ3) is 2.83. The van der Waals surface area contributed by atoms with Crippen LogP contribution < -0.4 is 5.32 Å². The standard InChI is InChI=1S/C11H11ClN4OS/c1-6(2)9-14-5-7(12)8(15-9)10(17)16-11-13-3-4-18-11/h3-6H,1-2H3,(H,13,16,17). The summed E-state index contributed by atoms with van der Waals surface area (Å²) in [6.45, 7) is 3.90. The van der Waals surface area contributed by atoms with E-state index in [0.717, 1.165) is 0 Å². The molecular weight excluding hydrogens is 272 g/mol. The number of halogens is 1. The zero-order valence-corrected chi connectivity index (χ0v) is 11.4. The first kappa shape index (κ1) is 12.9. The predicted molar refractivity (Wildman–Crippen MR) is 71.2 cm³/mol. The summed E-state index contributed by atoms with van der Waals surface area (Å²) in [6.07, 6.45) is 3.06. The van der Waals surface area contributed by atoms with Crippen LogP contribution in [0.4, 0.5) is 5.13 Å². The zero-order chi connectivity index (χ0) is 13.1. The van der Waals surface area contributed by atoms with Crippen LogP contribution in [0.2, 0.25) is 5.02 Å². The summed E-state index contributed by atoms with van der Waals surface area (Å²) >= 11 is 7.27. The van der Waals surface area contributed by atoms with Crippen LogP contribution in [0.1, 0.15) is 36.1 Å². The largest absolute Gasteiger partial charge is 0.296 e. The Morgan fingerprint density at radius 2 is 2.22 bits per heavy atom. The van der Waals surface area contributed by atoms with Gasteiger partial charge >= 0.3 is 0 Å². The van der Waals surface area contributed by atoms with Crippen LogP contribution in [-0.4, -0.2) is 20.9 Å². The Balaban J connectivity index is 2.26. The van der Waals surface area contributed by atoms with Crippen LogP contribution in [0.25, 0.3) is 0 Å². The van der Waals surface area contributed by atoms with Gasteiger partial charge in [0.2, 0.25) is 0 Å². The molecule has 0 aliphatic heterocycles. The molecule has 0 spiro atoms. The molecule has 18 heavy (non-hydrogen) atoms. The maximum Gasteiger partial charge on any atom is 0.277 e.